The zero-order valence-corrected chi connectivity index (χ0v) is 22.9. The molecule has 10 nitrogen and oxygen atoms in total. The minimum absolute atomic E-state index is 0.0229. The van der Waals surface area contributed by atoms with Crippen LogP contribution in [-0.4, -0.2) is 80.8 Å². The van der Waals surface area contributed by atoms with E-state index in [1.54, 1.807) is 30.1 Å². The van der Waals surface area contributed by atoms with E-state index in [9.17, 15) is 14.7 Å². The van der Waals surface area contributed by atoms with Crippen molar-refractivity contribution in [3.63, 3.8) is 0 Å². The molecule has 0 aliphatic carbocycles. The fourth-order valence-electron chi connectivity index (χ4n) is 5.39. The summed E-state index contributed by atoms with van der Waals surface area (Å²) in [5, 5.41) is 21.8. The first-order chi connectivity index (χ1) is 19.3. The molecule has 0 bridgehead atoms. The van der Waals surface area contributed by atoms with E-state index in [-0.39, 0.29) is 29.9 Å². The second-order valence-corrected chi connectivity index (χ2v) is 10.2. The molecule has 40 heavy (non-hydrogen) atoms. The lowest BCUT2D eigenvalue weighted by molar-refractivity contribution is -0.121. The lowest BCUT2D eigenvalue weighted by Crippen LogP contribution is -2.41. The Hall–Kier alpha value is -4.28. The smallest absolute Gasteiger partial charge is 0.335 e. The third-order valence-electron chi connectivity index (χ3n) is 7.49. The third-order valence-corrected chi connectivity index (χ3v) is 7.49. The van der Waals surface area contributed by atoms with Crippen molar-refractivity contribution in [1.29, 1.82) is 0 Å². The summed E-state index contributed by atoms with van der Waals surface area (Å²) in [5.74, 6) is -1.03. The second kappa shape index (κ2) is 11.8. The van der Waals surface area contributed by atoms with Crippen molar-refractivity contribution in [3.8, 4) is 16.9 Å². The summed E-state index contributed by atoms with van der Waals surface area (Å²) in [6.07, 6.45) is 3.86. The Morgan fingerprint density at radius 1 is 1.10 bits per heavy atom. The number of carboxylic acids is 1. The van der Waals surface area contributed by atoms with E-state index in [0.29, 0.717) is 13.2 Å². The zero-order chi connectivity index (χ0) is 28.2. The fraction of sp³-hybridized carbons (Fsp3) is 0.333. The molecule has 2 atom stereocenters. The molecule has 3 heterocycles. The second-order valence-electron chi connectivity index (χ2n) is 10.2. The summed E-state index contributed by atoms with van der Waals surface area (Å²) in [4.78, 5) is 27.2. The highest BCUT2D eigenvalue weighted by Gasteiger charge is 2.35. The van der Waals surface area contributed by atoms with Gasteiger partial charge < -0.3 is 15.2 Å². The van der Waals surface area contributed by atoms with Crippen LogP contribution in [-0.2, 0) is 23.0 Å². The molecule has 5 rings (SSSR count). The quantitative estimate of drug-likeness (QED) is 0.317. The van der Waals surface area contributed by atoms with Gasteiger partial charge in [-0.1, -0.05) is 30.3 Å². The standard InChI is InChI=1S/C30H34N6O4/c1-20-27(36(24-7-5-4-6-8-24)33-29(20)23-16-31-34(2)17-23)15-28(37)32-26-19-35(13-14-40-3)18-25(26)21-9-11-22(12-10-21)30(38)39/h4-12,16-17,25-26H,13-15,18-19H2,1-3H3,(H,32,37)(H,38,39)/t25-,26+/m0/s1. The average molecular weight is 543 g/mol. The molecule has 1 fully saturated rings. The van der Waals surface area contributed by atoms with Crippen molar-refractivity contribution < 1.29 is 19.4 Å². The Kier molecular flexibility index (Phi) is 8.09. The molecule has 2 N–H and O–H groups in total. The highest BCUT2D eigenvalue weighted by atomic mass is 16.5. The van der Waals surface area contributed by atoms with Crippen LogP contribution in [0.25, 0.3) is 16.9 Å². The molecule has 1 amide bonds. The Balaban J connectivity index is 1.40. The van der Waals surface area contributed by atoms with Gasteiger partial charge in [0.1, 0.15) is 0 Å². The topological polar surface area (TPSA) is 115 Å². The van der Waals surface area contributed by atoms with Crippen molar-refractivity contribution in [1.82, 2.24) is 29.8 Å². The SMILES string of the molecule is COCCN1C[C@@H](NC(=O)Cc2c(C)c(-c3cnn(C)c3)nn2-c2ccccc2)[C@H](c2ccc(C(=O)O)cc2)C1. The van der Waals surface area contributed by atoms with Crippen LogP contribution in [0, 0.1) is 6.92 Å². The van der Waals surface area contributed by atoms with Crippen LogP contribution in [0.5, 0.6) is 0 Å². The number of hydrogen-bond donors (Lipinski definition) is 2. The highest BCUT2D eigenvalue weighted by molar-refractivity contribution is 5.87. The van der Waals surface area contributed by atoms with E-state index < -0.39 is 5.97 Å². The summed E-state index contributed by atoms with van der Waals surface area (Å²) < 4.78 is 8.86. The molecule has 2 aromatic carbocycles. The van der Waals surface area contributed by atoms with E-state index in [4.69, 9.17) is 9.84 Å². The molecule has 1 aliphatic heterocycles. The number of nitrogens with one attached hydrogen (secondary N) is 1. The van der Waals surface area contributed by atoms with E-state index in [1.807, 2.05) is 67.3 Å². The van der Waals surface area contributed by atoms with Crippen molar-refractivity contribution >= 4 is 11.9 Å². The number of carbonyl (C=O) groups is 2. The number of nitrogens with zero attached hydrogens (tertiary/aromatic N) is 5. The van der Waals surface area contributed by atoms with Crippen LogP contribution in [0.15, 0.2) is 67.0 Å². The number of aromatic nitrogens is 4. The molecule has 0 spiro atoms. The molecule has 4 aromatic rings. The van der Waals surface area contributed by atoms with Crippen LogP contribution in [0.4, 0.5) is 0 Å². The molecule has 10 heteroatoms. The summed E-state index contributed by atoms with van der Waals surface area (Å²) in [7, 11) is 3.54. The minimum Gasteiger partial charge on any atom is -0.478 e. The molecule has 0 radical (unpaired) electrons. The van der Waals surface area contributed by atoms with Crippen LogP contribution in [0.2, 0.25) is 0 Å². The zero-order valence-electron chi connectivity index (χ0n) is 22.9. The first-order valence-electron chi connectivity index (χ1n) is 13.3. The van der Waals surface area contributed by atoms with Crippen LogP contribution in [0.3, 0.4) is 0 Å². The Morgan fingerprint density at radius 2 is 1.85 bits per heavy atom. The van der Waals surface area contributed by atoms with Gasteiger partial charge in [-0.05, 0) is 42.3 Å². The van der Waals surface area contributed by atoms with Gasteiger partial charge in [-0.2, -0.15) is 10.2 Å². The van der Waals surface area contributed by atoms with Gasteiger partial charge in [0.15, 0.2) is 0 Å². The lowest BCUT2D eigenvalue weighted by atomic mass is 9.93. The Morgan fingerprint density at radius 3 is 2.50 bits per heavy atom. The molecule has 208 valence electrons. The van der Waals surface area contributed by atoms with Crippen molar-refractivity contribution in [2.45, 2.75) is 25.3 Å². The minimum atomic E-state index is -0.958. The van der Waals surface area contributed by atoms with Crippen molar-refractivity contribution in [3.05, 3.63) is 89.4 Å². The van der Waals surface area contributed by atoms with Gasteiger partial charge in [0.05, 0.1) is 41.9 Å². The molecule has 0 saturated carbocycles. The van der Waals surface area contributed by atoms with Gasteiger partial charge >= 0.3 is 5.97 Å². The predicted molar refractivity (Wildman–Crippen MR) is 151 cm³/mol. The van der Waals surface area contributed by atoms with Crippen LogP contribution >= 0.6 is 0 Å². The first-order valence-corrected chi connectivity index (χ1v) is 13.3. The van der Waals surface area contributed by atoms with Gasteiger partial charge in [0, 0.05) is 57.5 Å². The Labute approximate surface area is 233 Å². The van der Waals surface area contributed by atoms with Crippen molar-refractivity contribution in [2.75, 3.05) is 33.4 Å². The molecule has 1 aliphatic rings. The number of carbonyl (C=O) groups excluding carboxylic acids is 1. The Bertz CT molecular complexity index is 1480. The van der Waals surface area contributed by atoms with E-state index in [1.165, 1.54) is 0 Å². The average Bonchev–Trinajstić information content (AvgIpc) is 3.65. The van der Waals surface area contributed by atoms with Gasteiger partial charge in [0.25, 0.3) is 0 Å². The predicted octanol–water partition coefficient (Wildman–Crippen LogP) is 3.05. The number of likely N-dealkylation sites (tertiary alicyclic amines) is 1. The number of aromatic carboxylic acids is 1. The maximum absolute atomic E-state index is 13.6. The molecular weight excluding hydrogens is 508 g/mol. The summed E-state index contributed by atoms with van der Waals surface area (Å²) >= 11 is 0. The fourth-order valence-corrected chi connectivity index (χ4v) is 5.39. The molecular formula is C30H34N6O4. The number of methoxy groups -OCH3 is 1. The number of hydrogen-bond acceptors (Lipinski definition) is 6. The highest BCUT2D eigenvalue weighted by Crippen LogP contribution is 2.30. The lowest BCUT2D eigenvalue weighted by Gasteiger charge is -2.21. The first kappa shape index (κ1) is 27.3. The number of benzene rings is 2. The summed E-state index contributed by atoms with van der Waals surface area (Å²) in [6.45, 7) is 4.76. The number of ether oxygens (including phenoxy) is 1. The number of carboxylic acid groups (broad SMARTS) is 1. The number of rotatable bonds is 10. The maximum Gasteiger partial charge on any atom is 0.335 e. The van der Waals surface area contributed by atoms with Crippen LogP contribution in [0.1, 0.15) is 33.1 Å². The van der Waals surface area contributed by atoms with Gasteiger partial charge in [-0.25, -0.2) is 9.48 Å². The molecule has 0 unspecified atom stereocenters. The van der Waals surface area contributed by atoms with Gasteiger partial charge in [0.2, 0.25) is 5.91 Å². The normalized spacial score (nSPS) is 17.3. The van der Waals surface area contributed by atoms with Gasteiger partial charge in [-0.3, -0.25) is 14.4 Å². The van der Waals surface area contributed by atoms with E-state index in [2.05, 4.69) is 15.3 Å². The van der Waals surface area contributed by atoms with E-state index >= 15 is 0 Å². The largest absolute Gasteiger partial charge is 0.478 e. The number of amides is 1. The monoisotopic (exact) mass is 542 g/mol. The summed E-state index contributed by atoms with van der Waals surface area (Å²) in [5.41, 5.74) is 5.56. The van der Waals surface area contributed by atoms with E-state index in [0.717, 1.165) is 46.9 Å². The van der Waals surface area contributed by atoms with Crippen LogP contribution < -0.4 is 5.32 Å². The summed E-state index contributed by atoms with van der Waals surface area (Å²) in [6, 6.07) is 16.6. The molecule has 1 saturated heterocycles. The van der Waals surface area contributed by atoms with Crippen molar-refractivity contribution in [2.24, 2.45) is 7.05 Å². The molecule has 2 aromatic heterocycles. The third kappa shape index (κ3) is 5.83. The van der Waals surface area contributed by atoms with Gasteiger partial charge in [-0.15, -0.1) is 0 Å². The maximum atomic E-state index is 13.6. The number of para-hydroxylation sites is 1. The number of aryl methyl sites for hydroxylation is 1.